The summed E-state index contributed by atoms with van der Waals surface area (Å²) < 4.78 is 33.6. The van der Waals surface area contributed by atoms with Crippen LogP contribution in [-0.2, 0) is 19.5 Å². The van der Waals surface area contributed by atoms with E-state index >= 15 is 0 Å². The maximum atomic E-state index is 11.4. The number of morpholine rings is 2. The summed E-state index contributed by atoms with van der Waals surface area (Å²) >= 11 is 5.98. The molecule has 5 aromatic rings. The van der Waals surface area contributed by atoms with Crippen molar-refractivity contribution in [3.8, 4) is 0 Å². The summed E-state index contributed by atoms with van der Waals surface area (Å²) in [5.41, 5.74) is 2.37. The van der Waals surface area contributed by atoms with Crippen molar-refractivity contribution in [2.75, 3.05) is 78.4 Å². The van der Waals surface area contributed by atoms with Crippen molar-refractivity contribution >= 4 is 68.4 Å². The van der Waals surface area contributed by atoms with E-state index in [9.17, 15) is 8.42 Å². The lowest BCUT2D eigenvalue weighted by Crippen LogP contribution is -2.37. The fourth-order valence-electron chi connectivity index (χ4n) is 4.84. The molecular formula is C32H35ClN12O4S. The molecule has 0 unspecified atom stereocenters. The monoisotopic (exact) mass is 718 g/mol. The second kappa shape index (κ2) is 16.5. The molecule has 3 aromatic carbocycles. The smallest absolute Gasteiger partial charge is 0.238 e. The van der Waals surface area contributed by atoms with Crippen molar-refractivity contribution in [1.82, 2.24) is 29.9 Å². The van der Waals surface area contributed by atoms with E-state index in [2.05, 4.69) is 45.9 Å². The lowest BCUT2D eigenvalue weighted by molar-refractivity contribution is 0.122. The molecule has 260 valence electrons. The number of hydrogen-bond acceptors (Lipinski definition) is 15. The van der Waals surface area contributed by atoms with Crippen molar-refractivity contribution < 1.29 is 17.9 Å². The molecule has 7 rings (SSSR count). The van der Waals surface area contributed by atoms with Gasteiger partial charge in [0.2, 0.25) is 45.0 Å². The van der Waals surface area contributed by atoms with Gasteiger partial charge in [0.1, 0.15) is 0 Å². The average Bonchev–Trinajstić information content (AvgIpc) is 3.13. The highest BCUT2D eigenvalue weighted by Gasteiger charge is 2.18. The van der Waals surface area contributed by atoms with E-state index < -0.39 is 10.0 Å². The molecule has 0 radical (unpaired) electrons. The van der Waals surface area contributed by atoms with Crippen LogP contribution in [0.3, 0.4) is 0 Å². The van der Waals surface area contributed by atoms with Crippen LogP contribution in [0.25, 0.3) is 0 Å². The zero-order valence-electron chi connectivity index (χ0n) is 26.8. The first-order valence-electron chi connectivity index (χ1n) is 15.7. The molecule has 2 aliphatic rings. The topological polar surface area (TPSA) is 199 Å². The number of rotatable bonds is 9. The Labute approximate surface area is 294 Å². The third kappa shape index (κ3) is 9.93. The Morgan fingerprint density at radius 1 is 0.560 bits per heavy atom. The summed E-state index contributed by atoms with van der Waals surface area (Å²) in [5, 5.41) is 14.7. The number of para-hydroxylation sites is 2. The second-order valence-corrected chi connectivity index (χ2v) is 12.8. The van der Waals surface area contributed by atoms with Crippen LogP contribution in [0.5, 0.6) is 0 Å². The molecule has 2 aliphatic heterocycles. The highest BCUT2D eigenvalue weighted by atomic mass is 35.5. The van der Waals surface area contributed by atoms with E-state index in [1.165, 1.54) is 12.1 Å². The number of hydrogen-bond donors (Lipinski definition) is 4. The Balaban J connectivity index is 0.000000187. The van der Waals surface area contributed by atoms with Crippen LogP contribution in [0.15, 0.2) is 89.8 Å². The standard InChI is InChI=1S/C19H21N7O3S.C13H14ClN5O/c20-30(27,28)16-8-6-15(7-9-16)22-18-23-17(21-14-4-2-1-3-5-14)24-19(25-18)26-10-12-29-13-11-26;14-11-16-12(15-10-4-2-1-3-5-10)18-13(17-11)19-6-8-20-9-7-19/h1-9H,10-13H2,(H2,20,27,28)(H2,21,22,23,24,25);1-5H,6-9H2,(H,15,16,17,18). The van der Waals surface area contributed by atoms with Crippen molar-refractivity contribution in [1.29, 1.82) is 0 Å². The lowest BCUT2D eigenvalue weighted by atomic mass is 10.3. The Kier molecular flexibility index (Phi) is 11.4. The summed E-state index contributed by atoms with van der Waals surface area (Å²) in [4.78, 5) is 30.3. The van der Waals surface area contributed by atoms with Gasteiger partial charge in [-0.1, -0.05) is 36.4 Å². The number of aromatic nitrogens is 6. The molecule has 50 heavy (non-hydrogen) atoms. The number of nitrogens with zero attached hydrogens (tertiary/aromatic N) is 8. The molecule has 0 saturated carbocycles. The van der Waals surface area contributed by atoms with Crippen LogP contribution in [-0.4, -0.2) is 90.9 Å². The molecule has 2 aromatic heterocycles. The number of nitrogens with two attached hydrogens (primary N) is 1. The first kappa shape index (κ1) is 34.7. The molecule has 4 heterocycles. The molecular weight excluding hydrogens is 684 g/mol. The highest BCUT2D eigenvalue weighted by Crippen LogP contribution is 2.22. The van der Waals surface area contributed by atoms with Gasteiger partial charge in [0.05, 0.1) is 31.3 Å². The van der Waals surface area contributed by atoms with Crippen LogP contribution < -0.4 is 30.9 Å². The van der Waals surface area contributed by atoms with Gasteiger partial charge in [-0.05, 0) is 60.1 Å². The van der Waals surface area contributed by atoms with Crippen LogP contribution in [0.1, 0.15) is 0 Å². The summed E-state index contributed by atoms with van der Waals surface area (Å²) in [7, 11) is -3.75. The third-order valence-corrected chi connectivity index (χ3v) is 8.40. The van der Waals surface area contributed by atoms with E-state index in [4.69, 9.17) is 26.2 Å². The maximum Gasteiger partial charge on any atom is 0.238 e. The van der Waals surface area contributed by atoms with Gasteiger partial charge in [0.15, 0.2) is 0 Å². The molecule has 0 bridgehead atoms. The zero-order valence-corrected chi connectivity index (χ0v) is 28.4. The minimum absolute atomic E-state index is 0.0316. The summed E-state index contributed by atoms with van der Waals surface area (Å²) in [5.74, 6) is 2.26. The fourth-order valence-corrected chi connectivity index (χ4v) is 5.51. The number of anilines is 8. The van der Waals surface area contributed by atoms with Gasteiger partial charge >= 0.3 is 0 Å². The predicted octanol–water partition coefficient (Wildman–Crippen LogP) is 3.95. The SMILES string of the molecule is Clc1nc(Nc2ccccc2)nc(N2CCOCC2)n1.NS(=O)(=O)c1ccc(Nc2nc(Nc3ccccc3)nc(N3CCOCC3)n2)cc1. The number of sulfonamides is 1. The first-order valence-corrected chi connectivity index (χ1v) is 17.6. The first-order chi connectivity index (χ1) is 24.3. The van der Waals surface area contributed by atoms with Crippen molar-refractivity contribution in [2.24, 2.45) is 5.14 Å². The maximum absolute atomic E-state index is 11.4. The molecule has 2 fully saturated rings. The molecule has 16 nitrogen and oxygen atoms in total. The van der Waals surface area contributed by atoms with Gasteiger partial charge in [0.25, 0.3) is 0 Å². The van der Waals surface area contributed by atoms with Gasteiger partial charge < -0.3 is 35.2 Å². The molecule has 0 atom stereocenters. The Hall–Kier alpha value is -5.20. The lowest BCUT2D eigenvalue weighted by Gasteiger charge is -2.27. The molecule has 2 saturated heterocycles. The molecule has 0 aliphatic carbocycles. The van der Waals surface area contributed by atoms with Gasteiger partial charge in [0, 0.05) is 43.2 Å². The normalized spacial score (nSPS) is 14.7. The molecule has 5 N–H and O–H groups in total. The van der Waals surface area contributed by atoms with Crippen LogP contribution in [0.2, 0.25) is 5.28 Å². The van der Waals surface area contributed by atoms with E-state index in [-0.39, 0.29) is 10.2 Å². The van der Waals surface area contributed by atoms with Crippen LogP contribution in [0.4, 0.5) is 46.8 Å². The Morgan fingerprint density at radius 3 is 1.40 bits per heavy atom. The number of benzene rings is 3. The summed E-state index contributed by atoms with van der Waals surface area (Å²) in [6.45, 7) is 5.41. The van der Waals surface area contributed by atoms with E-state index in [0.717, 1.165) is 24.5 Å². The van der Waals surface area contributed by atoms with Gasteiger partial charge in [-0.15, -0.1) is 0 Å². The number of ether oxygens (including phenoxy) is 2. The minimum Gasteiger partial charge on any atom is -0.378 e. The van der Waals surface area contributed by atoms with Crippen LogP contribution >= 0.6 is 11.6 Å². The van der Waals surface area contributed by atoms with E-state index in [1.807, 2.05) is 70.5 Å². The summed E-state index contributed by atoms with van der Waals surface area (Å²) in [6.07, 6.45) is 0. The highest BCUT2D eigenvalue weighted by molar-refractivity contribution is 7.89. The Morgan fingerprint density at radius 2 is 0.960 bits per heavy atom. The quantitative estimate of drug-likeness (QED) is 0.171. The predicted molar refractivity (Wildman–Crippen MR) is 191 cm³/mol. The van der Waals surface area contributed by atoms with E-state index in [1.54, 1.807) is 12.1 Å². The molecule has 0 amide bonds. The molecule has 18 heteroatoms. The largest absolute Gasteiger partial charge is 0.378 e. The third-order valence-electron chi connectivity index (χ3n) is 7.31. The van der Waals surface area contributed by atoms with Gasteiger partial charge in [-0.25, -0.2) is 13.6 Å². The van der Waals surface area contributed by atoms with Crippen molar-refractivity contribution in [3.63, 3.8) is 0 Å². The Bertz CT molecular complexity index is 1950. The number of primary sulfonamides is 1. The minimum atomic E-state index is -3.75. The van der Waals surface area contributed by atoms with Gasteiger partial charge in [-0.3, -0.25) is 0 Å². The number of halogens is 1. The number of nitrogens with one attached hydrogen (secondary N) is 3. The van der Waals surface area contributed by atoms with Crippen LogP contribution in [0, 0.1) is 0 Å². The average molecular weight is 719 g/mol. The van der Waals surface area contributed by atoms with Crippen molar-refractivity contribution in [2.45, 2.75) is 4.90 Å². The molecule has 0 spiro atoms. The zero-order chi connectivity index (χ0) is 34.8. The van der Waals surface area contributed by atoms with Gasteiger partial charge in [-0.2, -0.15) is 29.9 Å². The second-order valence-electron chi connectivity index (χ2n) is 10.9. The van der Waals surface area contributed by atoms with Crippen molar-refractivity contribution in [3.05, 3.63) is 90.2 Å². The van der Waals surface area contributed by atoms with E-state index in [0.29, 0.717) is 74.9 Å². The fraction of sp³-hybridized carbons (Fsp3) is 0.250. The summed E-state index contributed by atoms with van der Waals surface area (Å²) in [6, 6.07) is 25.3.